The van der Waals surface area contributed by atoms with Crippen LogP contribution >= 0.6 is 22.9 Å². The van der Waals surface area contributed by atoms with Gasteiger partial charge in [0.2, 0.25) is 5.91 Å². The number of anilines is 2. The molecule has 0 unspecified atom stereocenters. The van der Waals surface area contributed by atoms with Gasteiger partial charge >= 0.3 is 6.61 Å². The van der Waals surface area contributed by atoms with Crippen molar-refractivity contribution in [1.29, 1.82) is 0 Å². The Labute approximate surface area is 241 Å². The summed E-state index contributed by atoms with van der Waals surface area (Å²) >= 11 is 7.10. The highest BCUT2D eigenvalue weighted by molar-refractivity contribution is 7.18. The maximum absolute atomic E-state index is 13.6. The van der Waals surface area contributed by atoms with Gasteiger partial charge in [-0.1, -0.05) is 39.3 Å². The molecule has 0 spiro atoms. The summed E-state index contributed by atoms with van der Waals surface area (Å²) in [6.07, 6.45) is 0. The van der Waals surface area contributed by atoms with Crippen LogP contribution in [-0.4, -0.2) is 74.7 Å². The molecule has 3 rings (SSSR count). The average Bonchev–Trinajstić information content (AvgIpc) is 3.30. The van der Waals surface area contributed by atoms with E-state index in [-0.39, 0.29) is 67.1 Å². The molecule has 1 aromatic carbocycles. The molecule has 1 fully saturated rings. The third-order valence-corrected chi connectivity index (χ3v) is 7.15. The van der Waals surface area contributed by atoms with Crippen LogP contribution in [0, 0.1) is 11.8 Å². The predicted molar refractivity (Wildman–Crippen MR) is 152 cm³/mol. The van der Waals surface area contributed by atoms with Crippen LogP contribution in [0.1, 0.15) is 37.4 Å². The summed E-state index contributed by atoms with van der Waals surface area (Å²) in [5.41, 5.74) is 0.367. The molecule has 1 saturated heterocycles. The minimum atomic E-state index is -3.14. The number of thiophene rings is 1. The lowest BCUT2D eigenvalue weighted by Crippen LogP contribution is -2.52. The van der Waals surface area contributed by atoms with E-state index in [4.69, 9.17) is 21.1 Å². The first kappa shape index (κ1) is 31.7. The van der Waals surface area contributed by atoms with Gasteiger partial charge in [0.15, 0.2) is 5.75 Å². The number of rotatable bonds is 13. The van der Waals surface area contributed by atoms with Crippen molar-refractivity contribution in [3.8, 4) is 5.75 Å². The zero-order valence-corrected chi connectivity index (χ0v) is 24.5. The van der Waals surface area contributed by atoms with Crippen LogP contribution in [-0.2, 0) is 14.3 Å². The van der Waals surface area contributed by atoms with Crippen molar-refractivity contribution in [3.05, 3.63) is 39.5 Å². The van der Waals surface area contributed by atoms with Gasteiger partial charge in [0.1, 0.15) is 12.6 Å². The molecule has 1 aliphatic heterocycles. The van der Waals surface area contributed by atoms with Crippen LogP contribution < -0.4 is 20.3 Å². The molecule has 1 aliphatic rings. The zero-order chi connectivity index (χ0) is 29.4. The van der Waals surface area contributed by atoms with Gasteiger partial charge in [0.25, 0.3) is 11.8 Å². The van der Waals surface area contributed by atoms with Crippen molar-refractivity contribution in [1.82, 2.24) is 10.2 Å². The highest BCUT2D eigenvalue weighted by atomic mass is 35.5. The van der Waals surface area contributed by atoms with E-state index < -0.39 is 18.6 Å². The molecule has 0 aliphatic carbocycles. The number of carbonyl (C=O) groups excluding carboxylic acids is 3. The minimum Gasteiger partial charge on any atom is -0.433 e. The first-order valence-electron chi connectivity index (χ1n) is 13.0. The molecule has 0 bridgehead atoms. The lowest BCUT2D eigenvalue weighted by molar-refractivity contribution is -0.126. The van der Waals surface area contributed by atoms with Gasteiger partial charge in [0.05, 0.1) is 21.5 Å². The lowest BCUT2D eigenvalue weighted by Gasteiger charge is -2.33. The molecule has 13 heteroatoms. The van der Waals surface area contributed by atoms with Gasteiger partial charge in [-0.05, 0) is 36.1 Å². The number of hydrogen-bond acceptors (Lipinski definition) is 7. The highest BCUT2D eigenvalue weighted by Crippen LogP contribution is 2.34. The van der Waals surface area contributed by atoms with E-state index >= 15 is 0 Å². The summed E-state index contributed by atoms with van der Waals surface area (Å²) in [4.78, 5) is 42.4. The topological polar surface area (TPSA) is 100 Å². The van der Waals surface area contributed by atoms with Crippen LogP contribution in [0.4, 0.5) is 20.2 Å². The van der Waals surface area contributed by atoms with Crippen molar-refractivity contribution in [2.24, 2.45) is 11.8 Å². The average molecular weight is 601 g/mol. The van der Waals surface area contributed by atoms with E-state index in [2.05, 4.69) is 10.6 Å². The Hall–Kier alpha value is -2.80. The highest BCUT2D eigenvalue weighted by Gasteiger charge is 2.29. The minimum absolute atomic E-state index is 0.0143. The van der Waals surface area contributed by atoms with E-state index in [1.807, 2.05) is 32.6 Å². The number of nitrogens with one attached hydrogen (secondary N) is 2. The van der Waals surface area contributed by atoms with E-state index in [9.17, 15) is 23.2 Å². The number of hydrogen-bond donors (Lipinski definition) is 2. The second kappa shape index (κ2) is 14.7. The molecule has 40 heavy (non-hydrogen) atoms. The number of halogens is 3. The molecular formula is C27H35ClF2N4O5S. The molecule has 1 atom stereocenters. The van der Waals surface area contributed by atoms with Crippen LogP contribution in [0.25, 0.3) is 0 Å². The summed E-state index contributed by atoms with van der Waals surface area (Å²) in [6, 6.07) is 6.72. The third kappa shape index (κ3) is 9.12. The van der Waals surface area contributed by atoms with E-state index in [0.717, 1.165) is 11.3 Å². The van der Waals surface area contributed by atoms with Crippen molar-refractivity contribution >= 4 is 52.0 Å². The first-order valence-corrected chi connectivity index (χ1v) is 14.2. The molecule has 220 valence electrons. The number of alkyl halides is 2. The normalized spacial score (nSPS) is 14.8. The third-order valence-electron chi connectivity index (χ3n) is 5.92. The fraction of sp³-hybridized carbons (Fsp3) is 0.519. The number of morpholine rings is 1. The predicted octanol–water partition coefficient (Wildman–Crippen LogP) is 4.72. The van der Waals surface area contributed by atoms with Crippen LogP contribution in [0.3, 0.4) is 0 Å². The van der Waals surface area contributed by atoms with Gasteiger partial charge < -0.3 is 25.0 Å². The number of nitrogens with zero attached hydrogens (tertiary/aromatic N) is 2. The number of ether oxygens (including phenoxy) is 2. The van der Waals surface area contributed by atoms with E-state index in [1.54, 1.807) is 12.1 Å². The van der Waals surface area contributed by atoms with Gasteiger partial charge in [-0.2, -0.15) is 8.78 Å². The molecule has 2 heterocycles. The van der Waals surface area contributed by atoms with Crippen LogP contribution in [0.2, 0.25) is 4.34 Å². The second-order valence-corrected chi connectivity index (χ2v) is 11.9. The standard InChI is InChI=1S/C27H35ClF2N4O5S/c1-16(2)13-33(14-17(3)4)20(12-31-26(37)22-7-8-23(28)40-22)25(36)32-18-5-6-19(21(11-18)39-27(29)30)34-9-10-38-15-24(34)35/h5-8,11,16-17,20,27H,9-10,12-15H2,1-4H3,(H,31,37)(H,32,36)/t20-/m1/s1. The Balaban J connectivity index is 1.86. The summed E-state index contributed by atoms with van der Waals surface area (Å²) in [5.74, 6) is -0.943. The fourth-order valence-electron chi connectivity index (χ4n) is 4.37. The molecule has 1 aromatic heterocycles. The number of carbonyl (C=O) groups is 3. The number of benzene rings is 1. The summed E-state index contributed by atoms with van der Waals surface area (Å²) in [7, 11) is 0. The smallest absolute Gasteiger partial charge is 0.387 e. The summed E-state index contributed by atoms with van der Waals surface area (Å²) in [6.45, 7) is 6.47. The lowest BCUT2D eigenvalue weighted by atomic mass is 10.1. The monoisotopic (exact) mass is 600 g/mol. The second-order valence-electron chi connectivity index (χ2n) is 10.2. The molecule has 9 nitrogen and oxygen atoms in total. The Morgan fingerprint density at radius 2 is 1.85 bits per heavy atom. The molecule has 2 aromatic rings. The largest absolute Gasteiger partial charge is 0.433 e. The summed E-state index contributed by atoms with van der Waals surface area (Å²) in [5, 5.41) is 5.62. The van der Waals surface area contributed by atoms with Gasteiger partial charge in [-0.3, -0.25) is 19.3 Å². The molecule has 3 amide bonds. The summed E-state index contributed by atoms with van der Waals surface area (Å²) < 4.78 is 36.8. The Morgan fingerprint density at radius 1 is 1.15 bits per heavy atom. The quantitative estimate of drug-likeness (QED) is 0.345. The number of amides is 3. The first-order chi connectivity index (χ1) is 18.9. The van der Waals surface area contributed by atoms with Gasteiger partial charge in [0, 0.05) is 37.9 Å². The van der Waals surface area contributed by atoms with Gasteiger partial charge in [-0.15, -0.1) is 11.3 Å². The molecule has 2 N–H and O–H groups in total. The van der Waals surface area contributed by atoms with Crippen molar-refractivity contribution in [2.45, 2.75) is 40.3 Å². The molecule has 0 radical (unpaired) electrons. The van der Waals surface area contributed by atoms with Crippen LogP contribution in [0.15, 0.2) is 30.3 Å². The van der Waals surface area contributed by atoms with Gasteiger partial charge in [-0.25, -0.2) is 0 Å². The van der Waals surface area contributed by atoms with E-state index in [0.29, 0.717) is 22.3 Å². The maximum Gasteiger partial charge on any atom is 0.387 e. The zero-order valence-electron chi connectivity index (χ0n) is 22.9. The molecule has 0 saturated carbocycles. The Kier molecular flexibility index (Phi) is 11.7. The molecular weight excluding hydrogens is 566 g/mol. The SMILES string of the molecule is CC(C)CN(CC(C)C)[C@H](CNC(=O)c1ccc(Cl)s1)C(=O)Nc1ccc(N2CCOCC2=O)c(OC(F)F)c1. The van der Waals surface area contributed by atoms with E-state index in [1.165, 1.54) is 23.1 Å². The Morgan fingerprint density at radius 3 is 2.42 bits per heavy atom. The van der Waals surface area contributed by atoms with Crippen LogP contribution in [0.5, 0.6) is 5.75 Å². The fourth-order valence-corrected chi connectivity index (χ4v) is 5.33. The van der Waals surface area contributed by atoms with Crippen molar-refractivity contribution in [2.75, 3.05) is 49.6 Å². The maximum atomic E-state index is 13.6. The van der Waals surface area contributed by atoms with Crippen molar-refractivity contribution in [3.63, 3.8) is 0 Å². The Bertz CT molecular complexity index is 1170. The van der Waals surface area contributed by atoms with Crippen molar-refractivity contribution < 1.29 is 32.6 Å².